The first-order chi connectivity index (χ1) is 12.5. The number of rotatable bonds is 5. The highest BCUT2D eigenvalue weighted by Crippen LogP contribution is 2.19. The van der Waals surface area contributed by atoms with Gasteiger partial charge in [-0.1, -0.05) is 11.6 Å². The van der Waals surface area contributed by atoms with Gasteiger partial charge in [0, 0.05) is 22.7 Å². The minimum absolute atomic E-state index is 0.0391. The summed E-state index contributed by atoms with van der Waals surface area (Å²) < 4.78 is 13.4. The molecule has 5 nitrogen and oxygen atoms in total. The van der Waals surface area contributed by atoms with E-state index in [-0.39, 0.29) is 34.0 Å². The Morgan fingerprint density at radius 1 is 1.26 bits per heavy atom. The second-order valence-corrected chi connectivity index (χ2v) is 8.70. The molecule has 0 radical (unpaired) electrons. The predicted molar refractivity (Wildman–Crippen MR) is 105 cm³/mol. The lowest BCUT2D eigenvalue weighted by Crippen LogP contribution is -2.53. The van der Waals surface area contributed by atoms with Crippen LogP contribution in [0.15, 0.2) is 18.2 Å². The number of amides is 2. The number of hydrogen-bond donors (Lipinski definition) is 2. The van der Waals surface area contributed by atoms with Crippen LogP contribution in [0.4, 0.5) is 4.39 Å². The number of halogens is 2. The van der Waals surface area contributed by atoms with E-state index in [4.69, 9.17) is 11.6 Å². The SMILES string of the molecule is CC(C(=O)NC(C)(C)C)N1CCC(CNC(=O)c2cc(F)cc(Cl)c2)CC1. The Bertz CT molecular complexity index is 662. The second-order valence-electron chi connectivity index (χ2n) is 8.26. The predicted octanol–water partition coefficient (Wildman–Crippen LogP) is 3.22. The molecule has 150 valence electrons. The first kappa shape index (κ1) is 21.6. The first-order valence-electron chi connectivity index (χ1n) is 9.35. The quantitative estimate of drug-likeness (QED) is 0.801. The molecule has 1 saturated heterocycles. The first-order valence-corrected chi connectivity index (χ1v) is 9.73. The van der Waals surface area contributed by atoms with Crippen molar-refractivity contribution in [2.45, 2.75) is 52.1 Å². The summed E-state index contributed by atoms with van der Waals surface area (Å²) in [5.41, 5.74) is -0.0155. The van der Waals surface area contributed by atoms with E-state index in [0.717, 1.165) is 25.9 Å². The van der Waals surface area contributed by atoms with E-state index in [1.54, 1.807) is 0 Å². The standard InChI is InChI=1S/C20H29ClFN3O2/c1-13(18(26)24-20(2,3)4)25-7-5-14(6-8-25)12-23-19(27)15-9-16(21)11-17(22)10-15/h9-11,13-14H,5-8,12H2,1-4H3,(H,23,27)(H,24,26). The molecule has 2 rings (SSSR count). The molecule has 1 unspecified atom stereocenters. The molecule has 0 aliphatic carbocycles. The van der Waals surface area contributed by atoms with Crippen LogP contribution in [-0.2, 0) is 4.79 Å². The van der Waals surface area contributed by atoms with Crippen molar-refractivity contribution in [1.29, 1.82) is 0 Å². The summed E-state index contributed by atoms with van der Waals surface area (Å²) in [7, 11) is 0. The molecule has 1 aliphatic heterocycles. The number of benzene rings is 1. The molecule has 7 heteroatoms. The Labute approximate surface area is 165 Å². The Morgan fingerprint density at radius 2 is 1.89 bits per heavy atom. The lowest BCUT2D eigenvalue weighted by molar-refractivity contribution is -0.127. The fourth-order valence-electron chi connectivity index (χ4n) is 3.21. The van der Waals surface area contributed by atoms with E-state index in [1.165, 1.54) is 18.2 Å². The zero-order chi connectivity index (χ0) is 20.2. The summed E-state index contributed by atoms with van der Waals surface area (Å²) in [5, 5.41) is 6.08. The van der Waals surface area contributed by atoms with E-state index in [2.05, 4.69) is 15.5 Å². The largest absolute Gasteiger partial charge is 0.352 e. The van der Waals surface area contributed by atoms with E-state index in [9.17, 15) is 14.0 Å². The molecule has 1 aromatic rings. The van der Waals surface area contributed by atoms with E-state index in [1.807, 2.05) is 27.7 Å². The third-order valence-electron chi connectivity index (χ3n) is 4.75. The van der Waals surface area contributed by atoms with Crippen LogP contribution in [0.2, 0.25) is 5.02 Å². The van der Waals surface area contributed by atoms with Crippen LogP contribution in [0.25, 0.3) is 0 Å². The third-order valence-corrected chi connectivity index (χ3v) is 4.97. The fraction of sp³-hybridized carbons (Fsp3) is 0.600. The van der Waals surface area contributed by atoms with Crippen molar-refractivity contribution in [2.75, 3.05) is 19.6 Å². The van der Waals surface area contributed by atoms with Gasteiger partial charge < -0.3 is 10.6 Å². The van der Waals surface area contributed by atoms with Gasteiger partial charge in [-0.2, -0.15) is 0 Å². The molecule has 1 atom stereocenters. The highest BCUT2D eigenvalue weighted by atomic mass is 35.5. The maximum absolute atomic E-state index is 13.4. The average molecular weight is 398 g/mol. The van der Waals surface area contributed by atoms with Crippen molar-refractivity contribution >= 4 is 23.4 Å². The lowest BCUT2D eigenvalue weighted by Gasteiger charge is -2.36. The molecular formula is C20H29ClFN3O2. The zero-order valence-corrected chi connectivity index (χ0v) is 17.2. The van der Waals surface area contributed by atoms with Gasteiger partial charge in [-0.25, -0.2) is 4.39 Å². The van der Waals surface area contributed by atoms with Gasteiger partial charge in [0.15, 0.2) is 0 Å². The molecule has 0 saturated carbocycles. The summed E-state index contributed by atoms with van der Waals surface area (Å²) in [6.45, 7) is 9.99. The highest BCUT2D eigenvalue weighted by molar-refractivity contribution is 6.31. The van der Waals surface area contributed by atoms with Crippen LogP contribution in [0.1, 0.15) is 50.9 Å². The summed E-state index contributed by atoms with van der Waals surface area (Å²) >= 11 is 5.80. The van der Waals surface area contributed by atoms with Crippen molar-refractivity contribution < 1.29 is 14.0 Å². The van der Waals surface area contributed by atoms with Crippen LogP contribution in [-0.4, -0.2) is 47.9 Å². The second kappa shape index (κ2) is 9.02. The number of carbonyl (C=O) groups excluding carboxylic acids is 2. The summed E-state index contributed by atoms with van der Waals surface area (Å²) in [6, 6.07) is 3.64. The van der Waals surface area contributed by atoms with Crippen LogP contribution < -0.4 is 10.6 Å². The van der Waals surface area contributed by atoms with Crippen molar-refractivity contribution in [3.63, 3.8) is 0 Å². The summed E-state index contributed by atoms with van der Waals surface area (Å²) in [6.07, 6.45) is 1.80. The average Bonchev–Trinajstić information content (AvgIpc) is 2.57. The molecule has 1 aromatic carbocycles. The maximum atomic E-state index is 13.4. The van der Waals surface area contributed by atoms with Gasteiger partial charge in [0.05, 0.1) is 6.04 Å². The van der Waals surface area contributed by atoms with Gasteiger partial charge in [0.2, 0.25) is 5.91 Å². The summed E-state index contributed by atoms with van der Waals surface area (Å²) in [4.78, 5) is 26.7. The normalized spacial score (nSPS) is 17.4. The van der Waals surface area contributed by atoms with Gasteiger partial charge in [-0.3, -0.25) is 14.5 Å². The van der Waals surface area contributed by atoms with Crippen LogP contribution >= 0.6 is 11.6 Å². The fourth-order valence-corrected chi connectivity index (χ4v) is 3.43. The third kappa shape index (κ3) is 6.78. The molecule has 0 bridgehead atoms. The number of likely N-dealkylation sites (tertiary alicyclic amines) is 1. The number of nitrogens with zero attached hydrogens (tertiary/aromatic N) is 1. The van der Waals surface area contributed by atoms with Crippen molar-refractivity contribution in [1.82, 2.24) is 15.5 Å². The minimum Gasteiger partial charge on any atom is -0.352 e. The lowest BCUT2D eigenvalue weighted by atomic mass is 9.95. The molecular weight excluding hydrogens is 369 g/mol. The van der Waals surface area contributed by atoms with Crippen LogP contribution in [0.5, 0.6) is 0 Å². The van der Waals surface area contributed by atoms with Gasteiger partial charge >= 0.3 is 0 Å². The molecule has 2 amide bonds. The van der Waals surface area contributed by atoms with Crippen molar-refractivity contribution in [3.05, 3.63) is 34.6 Å². The van der Waals surface area contributed by atoms with E-state index in [0.29, 0.717) is 12.5 Å². The van der Waals surface area contributed by atoms with Gasteiger partial charge in [-0.05, 0) is 77.7 Å². The number of nitrogens with one attached hydrogen (secondary N) is 2. The Balaban J connectivity index is 1.79. The highest BCUT2D eigenvalue weighted by Gasteiger charge is 2.28. The molecule has 0 aromatic heterocycles. The number of piperidine rings is 1. The Morgan fingerprint density at radius 3 is 2.44 bits per heavy atom. The van der Waals surface area contributed by atoms with Crippen LogP contribution in [0.3, 0.4) is 0 Å². The summed E-state index contributed by atoms with van der Waals surface area (Å²) in [5.74, 6) is -0.468. The van der Waals surface area contributed by atoms with Crippen molar-refractivity contribution in [3.8, 4) is 0 Å². The molecule has 2 N–H and O–H groups in total. The Hall–Kier alpha value is -1.66. The molecule has 1 fully saturated rings. The smallest absolute Gasteiger partial charge is 0.251 e. The van der Waals surface area contributed by atoms with E-state index < -0.39 is 5.82 Å². The molecule has 1 heterocycles. The van der Waals surface area contributed by atoms with Crippen molar-refractivity contribution in [2.24, 2.45) is 5.92 Å². The van der Waals surface area contributed by atoms with Gasteiger partial charge in [-0.15, -0.1) is 0 Å². The van der Waals surface area contributed by atoms with Gasteiger partial charge in [0.25, 0.3) is 5.91 Å². The van der Waals surface area contributed by atoms with Gasteiger partial charge in [0.1, 0.15) is 5.82 Å². The van der Waals surface area contributed by atoms with E-state index >= 15 is 0 Å². The zero-order valence-electron chi connectivity index (χ0n) is 16.4. The molecule has 1 aliphatic rings. The minimum atomic E-state index is -0.525. The topological polar surface area (TPSA) is 61.4 Å². The maximum Gasteiger partial charge on any atom is 0.251 e. The monoisotopic (exact) mass is 397 g/mol. The Kier molecular flexibility index (Phi) is 7.23. The molecule has 0 spiro atoms. The molecule has 27 heavy (non-hydrogen) atoms. The van der Waals surface area contributed by atoms with Crippen LogP contribution in [0, 0.1) is 11.7 Å². The number of hydrogen-bond acceptors (Lipinski definition) is 3. The number of carbonyl (C=O) groups is 2.